The van der Waals surface area contributed by atoms with Gasteiger partial charge in [-0.3, -0.25) is 9.69 Å². The molecule has 2 atom stereocenters. The van der Waals surface area contributed by atoms with Crippen LogP contribution in [0, 0.1) is 5.41 Å². The van der Waals surface area contributed by atoms with E-state index in [0.29, 0.717) is 11.9 Å². The molecule has 3 heterocycles. The highest BCUT2D eigenvalue weighted by molar-refractivity contribution is 5.85. The summed E-state index contributed by atoms with van der Waals surface area (Å²) >= 11 is 0. The number of piperidine rings is 1. The van der Waals surface area contributed by atoms with E-state index >= 15 is 0 Å². The van der Waals surface area contributed by atoms with Crippen molar-refractivity contribution in [3.63, 3.8) is 0 Å². The van der Waals surface area contributed by atoms with Crippen LogP contribution in [0.5, 0.6) is 0 Å². The molecule has 3 aliphatic rings. The molecular weight excluding hydrogens is 297 g/mol. The molecule has 6 heteroatoms. The first kappa shape index (κ1) is 18.0. The van der Waals surface area contributed by atoms with E-state index in [9.17, 15) is 4.79 Å². The number of fused-ring (bicyclic) bond motifs is 1. The lowest BCUT2D eigenvalue weighted by atomic mass is 9.87. The Bertz CT molecular complexity index is 334. The lowest BCUT2D eigenvalue weighted by Gasteiger charge is -2.45. The predicted molar refractivity (Wildman–Crippen MR) is 85.9 cm³/mol. The van der Waals surface area contributed by atoms with Gasteiger partial charge in [-0.05, 0) is 39.3 Å². The Morgan fingerprint density at radius 2 is 2.00 bits per heavy atom. The standard InChI is InChI=1S/C14H25N3O.2ClH/c1-14(5-6-15-11-14)13(18)17-9-8-16-7-3-2-4-12(16)10-17;;/h12,15H,2-11H2,1H3;2*1H. The highest BCUT2D eigenvalue weighted by Crippen LogP contribution is 2.29. The molecule has 3 saturated heterocycles. The van der Waals surface area contributed by atoms with Crippen LogP contribution in [0.4, 0.5) is 0 Å². The van der Waals surface area contributed by atoms with Crippen LogP contribution in [0.25, 0.3) is 0 Å². The van der Waals surface area contributed by atoms with Gasteiger partial charge in [0.15, 0.2) is 0 Å². The summed E-state index contributed by atoms with van der Waals surface area (Å²) in [5, 5.41) is 3.33. The molecule has 0 aromatic rings. The highest BCUT2D eigenvalue weighted by atomic mass is 35.5. The largest absolute Gasteiger partial charge is 0.339 e. The Kier molecular flexibility index (Phi) is 6.58. The minimum Gasteiger partial charge on any atom is -0.339 e. The van der Waals surface area contributed by atoms with Gasteiger partial charge in [0, 0.05) is 32.2 Å². The molecule has 3 rings (SSSR count). The van der Waals surface area contributed by atoms with E-state index in [1.54, 1.807) is 0 Å². The number of hydrogen-bond acceptors (Lipinski definition) is 3. The molecule has 2 unspecified atom stereocenters. The molecule has 0 saturated carbocycles. The summed E-state index contributed by atoms with van der Waals surface area (Å²) in [6, 6.07) is 0.634. The Hall–Kier alpha value is -0.0300. The Morgan fingerprint density at radius 1 is 1.20 bits per heavy atom. The molecule has 3 fully saturated rings. The van der Waals surface area contributed by atoms with E-state index in [-0.39, 0.29) is 30.2 Å². The van der Waals surface area contributed by atoms with Crippen LogP contribution in [0.2, 0.25) is 0 Å². The second kappa shape index (κ2) is 7.30. The summed E-state index contributed by atoms with van der Waals surface area (Å²) in [6.07, 6.45) is 4.95. The smallest absolute Gasteiger partial charge is 0.229 e. The van der Waals surface area contributed by atoms with Crippen LogP contribution in [-0.2, 0) is 4.79 Å². The van der Waals surface area contributed by atoms with Crippen molar-refractivity contribution >= 4 is 30.7 Å². The van der Waals surface area contributed by atoms with Gasteiger partial charge in [0.2, 0.25) is 5.91 Å². The van der Waals surface area contributed by atoms with E-state index in [4.69, 9.17) is 0 Å². The van der Waals surface area contributed by atoms with E-state index in [1.807, 2.05) is 0 Å². The van der Waals surface area contributed by atoms with Crippen molar-refractivity contribution in [1.29, 1.82) is 0 Å². The van der Waals surface area contributed by atoms with E-state index in [0.717, 1.165) is 39.1 Å². The van der Waals surface area contributed by atoms with Crippen molar-refractivity contribution in [2.45, 2.75) is 38.6 Å². The summed E-state index contributed by atoms with van der Waals surface area (Å²) in [6.45, 7) is 8.20. The zero-order valence-corrected chi connectivity index (χ0v) is 13.9. The molecule has 0 bridgehead atoms. The maximum absolute atomic E-state index is 12.7. The lowest BCUT2D eigenvalue weighted by molar-refractivity contribution is -0.143. The van der Waals surface area contributed by atoms with Gasteiger partial charge in [0.25, 0.3) is 0 Å². The first-order chi connectivity index (χ1) is 8.69. The zero-order chi connectivity index (χ0) is 12.6. The van der Waals surface area contributed by atoms with Gasteiger partial charge in [-0.1, -0.05) is 6.42 Å². The molecular formula is C14H27Cl2N3O. The monoisotopic (exact) mass is 323 g/mol. The number of carbonyl (C=O) groups is 1. The van der Waals surface area contributed by atoms with E-state index in [1.165, 1.54) is 25.8 Å². The number of piperazine rings is 1. The third kappa shape index (κ3) is 3.41. The molecule has 0 spiro atoms. The van der Waals surface area contributed by atoms with Gasteiger partial charge in [0.05, 0.1) is 5.41 Å². The lowest BCUT2D eigenvalue weighted by Crippen LogP contribution is -2.58. The Balaban J connectivity index is 0.000001000. The van der Waals surface area contributed by atoms with Gasteiger partial charge >= 0.3 is 0 Å². The Morgan fingerprint density at radius 3 is 2.70 bits per heavy atom. The summed E-state index contributed by atoms with van der Waals surface area (Å²) < 4.78 is 0. The topological polar surface area (TPSA) is 35.6 Å². The summed E-state index contributed by atoms with van der Waals surface area (Å²) in [5.41, 5.74) is -0.142. The molecule has 0 radical (unpaired) electrons. The fraction of sp³-hybridized carbons (Fsp3) is 0.929. The van der Waals surface area contributed by atoms with Crippen molar-refractivity contribution < 1.29 is 4.79 Å². The molecule has 20 heavy (non-hydrogen) atoms. The molecule has 4 nitrogen and oxygen atoms in total. The number of nitrogens with zero attached hydrogens (tertiary/aromatic N) is 2. The van der Waals surface area contributed by atoms with Gasteiger partial charge in [0.1, 0.15) is 0 Å². The van der Waals surface area contributed by atoms with Crippen molar-refractivity contribution in [3.8, 4) is 0 Å². The van der Waals surface area contributed by atoms with Gasteiger partial charge in [-0.2, -0.15) is 0 Å². The number of hydrogen-bond donors (Lipinski definition) is 1. The summed E-state index contributed by atoms with van der Waals surface area (Å²) in [7, 11) is 0. The number of amides is 1. The van der Waals surface area contributed by atoms with Gasteiger partial charge in [-0.25, -0.2) is 0 Å². The van der Waals surface area contributed by atoms with Crippen molar-refractivity contribution in [2.75, 3.05) is 39.3 Å². The van der Waals surface area contributed by atoms with Crippen molar-refractivity contribution in [3.05, 3.63) is 0 Å². The van der Waals surface area contributed by atoms with Crippen LogP contribution in [0.1, 0.15) is 32.6 Å². The van der Waals surface area contributed by atoms with Crippen LogP contribution < -0.4 is 5.32 Å². The normalized spacial score (nSPS) is 33.9. The first-order valence-corrected chi connectivity index (χ1v) is 7.43. The van der Waals surface area contributed by atoms with Crippen LogP contribution in [0.3, 0.4) is 0 Å². The third-order valence-electron chi connectivity index (χ3n) is 5.01. The number of halogens is 2. The quantitative estimate of drug-likeness (QED) is 0.794. The Labute approximate surface area is 134 Å². The molecule has 0 aromatic heterocycles. The maximum atomic E-state index is 12.7. The van der Waals surface area contributed by atoms with Crippen molar-refractivity contribution in [2.24, 2.45) is 5.41 Å². The first-order valence-electron chi connectivity index (χ1n) is 7.43. The molecule has 0 aliphatic carbocycles. The zero-order valence-electron chi connectivity index (χ0n) is 12.3. The van der Waals surface area contributed by atoms with E-state index in [2.05, 4.69) is 22.0 Å². The summed E-state index contributed by atoms with van der Waals surface area (Å²) in [5.74, 6) is 0.387. The number of carbonyl (C=O) groups excluding carboxylic acids is 1. The molecule has 1 N–H and O–H groups in total. The van der Waals surface area contributed by atoms with Crippen LogP contribution in [-0.4, -0.2) is 61.0 Å². The molecule has 0 aromatic carbocycles. The second-order valence-corrected chi connectivity index (χ2v) is 6.42. The van der Waals surface area contributed by atoms with Crippen LogP contribution >= 0.6 is 24.8 Å². The maximum Gasteiger partial charge on any atom is 0.229 e. The van der Waals surface area contributed by atoms with Gasteiger partial charge < -0.3 is 10.2 Å². The molecule has 118 valence electrons. The average Bonchev–Trinajstić information content (AvgIpc) is 2.85. The fourth-order valence-electron chi connectivity index (χ4n) is 3.72. The predicted octanol–water partition coefficient (Wildman–Crippen LogP) is 1.53. The van der Waals surface area contributed by atoms with Gasteiger partial charge in [-0.15, -0.1) is 24.8 Å². The van der Waals surface area contributed by atoms with Crippen molar-refractivity contribution in [1.82, 2.24) is 15.1 Å². The summed E-state index contributed by atoms with van der Waals surface area (Å²) in [4.78, 5) is 17.4. The van der Waals surface area contributed by atoms with Crippen LogP contribution in [0.15, 0.2) is 0 Å². The fourth-order valence-corrected chi connectivity index (χ4v) is 3.72. The highest BCUT2D eigenvalue weighted by Gasteiger charge is 2.41. The minimum atomic E-state index is -0.142. The average molecular weight is 324 g/mol. The molecule has 1 amide bonds. The SMILES string of the molecule is CC1(C(=O)N2CCN3CCCCC3C2)CCNC1.Cl.Cl. The third-order valence-corrected chi connectivity index (χ3v) is 5.01. The second-order valence-electron chi connectivity index (χ2n) is 6.42. The molecule has 3 aliphatic heterocycles. The van der Waals surface area contributed by atoms with E-state index < -0.39 is 0 Å². The minimum absolute atomic E-state index is 0. The number of rotatable bonds is 1. The number of nitrogens with one attached hydrogen (secondary N) is 1.